The SMILES string of the molecule is CN(C)c1ccc(/C=C/CBr)cc1. The topological polar surface area (TPSA) is 3.24 Å². The molecule has 0 spiro atoms. The first kappa shape index (κ1) is 10.3. The summed E-state index contributed by atoms with van der Waals surface area (Å²) in [5.41, 5.74) is 2.47. The molecular weight excluding hydrogens is 226 g/mol. The number of halogens is 1. The standard InChI is InChI=1S/C11H14BrN/c1-13(2)11-7-5-10(6-8-11)4-3-9-12/h3-8H,9H2,1-2H3/b4-3+. The van der Waals surface area contributed by atoms with Crippen molar-refractivity contribution in [2.75, 3.05) is 24.3 Å². The first-order valence-corrected chi connectivity index (χ1v) is 5.36. The molecular formula is C11H14BrN. The van der Waals surface area contributed by atoms with Crippen LogP contribution in [0.5, 0.6) is 0 Å². The van der Waals surface area contributed by atoms with Crippen LogP contribution in [0.3, 0.4) is 0 Å². The highest BCUT2D eigenvalue weighted by Gasteiger charge is 1.92. The maximum atomic E-state index is 3.35. The molecule has 0 aliphatic rings. The van der Waals surface area contributed by atoms with Crippen molar-refractivity contribution in [1.82, 2.24) is 0 Å². The number of hydrogen-bond donors (Lipinski definition) is 0. The van der Waals surface area contributed by atoms with Crippen LogP contribution in [0.1, 0.15) is 5.56 Å². The lowest BCUT2D eigenvalue weighted by molar-refractivity contribution is 1.13. The Morgan fingerprint density at radius 1 is 1.23 bits per heavy atom. The van der Waals surface area contributed by atoms with Crippen molar-refractivity contribution in [3.63, 3.8) is 0 Å². The van der Waals surface area contributed by atoms with Gasteiger partial charge in [-0.1, -0.05) is 40.2 Å². The van der Waals surface area contributed by atoms with Crippen LogP contribution in [-0.2, 0) is 0 Å². The second-order valence-corrected chi connectivity index (χ2v) is 3.69. The van der Waals surface area contributed by atoms with Crippen molar-refractivity contribution < 1.29 is 0 Å². The minimum atomic E-state index is 0.905. The van der Waals surface area contributed by atoms with Gasteiger partial charge in [-0.25, -0.2) is 0 Å². The third kappa shape index (κ3) is 3.23. The number of anilines is 1. The van der Waals surface area contributed by atoms with Gasteiger partial charge in [0.05, 0.1) is 0 Å². The Balaban J connectivity index is 2.75. The van der Waals surface area contributed by atoms with Crippen molar-refractivity contribution in [1.29, 1.82) is 0 Å². The van der Waals surface area contributed by atoms with Crippen LogP contribution in [0, 0.1) is 0 Å². The van der Waals surface area contributed by atoms with Crippen LogP contribution in [0.2, 0.25) is 0 Å². The molecule has 0 unspecified atom stereocenters. The van der Waals surface area contributed by atoms with E-state index in [4.69, 9.17) is 0 Å². The van der Waals surface area contributed by atoms with Crippen molar-refractivity contribution >= 4 is 27.7 Å². The van der Waals surface area contributed by atoms with E-state index in [0.717, 1.165) is 5.33 Å². The van der Waals surface area contributed by atoms with Crippen LogP contribution in [0.4, 0.5) is 5.69 Å². The lowest BCUT2D eigenvalue weighted by Gasteiger charge is -2.11. The van der Waals surface area contributed by atoms with Gasteiger partial charge in [-0.05, 0) is 17.7 Å². The molecule has 0 saturated carbocycles. The van der Waals surface area contributed by atoms with Gasteiger partial charge in [0, 0.05) is 25.1 Å². The zero-order chi connectivity index (χ0) is 9.68. The predicted octanol–water partition coefficient (Wildman–Crippen LogP) is 3.16. The van der Waals surface area contributed by atoms with Crippen molar-refractivity contribution in [2.24, 2.45) is 0 Å². The molecule has 1 nitrogen and oxygen atoms in total. The first-order valence-electron chi connectivity index (χ1n) is 4.24. The van der Waals surface area contributed by atoms with Gasteiger partial charge in [0.1, 0.15) is 0 Å². The summed E-state index contributed by atoms with van der Waals surface area (Å²) in [5.74, 6) is 0. The summed E-state index contributed by atoms with van der Waals surface area (Å²) in [6, 6.07) is 8.48. The van der Waals surface area contributed by atoms with Crippen LogP contribution in [0.15, 0.2) is 30.3 Å². The fourth-order valence-electron chi connectivity index (χ4n) is 1.06. The summed E-state index contributed by atoms with van der Waals surface area (Å²) in [7, 11) is 4.09. The Bertz CT molecular complexity index is 275. The smallest absolute Gasteiger partial charge is 0.0361 e. The molecule has 0 N–H and O–H groups in total. The van der Waals surface area contributed by atoms with E-state index >= 15 is 0 Å². The third-order valence-electron chi connectivity index (χ3n) is 1.81. The van der Waals surface area contributed by atoms with E-state index in [2.05, 4.69) is 57.2 Å². The Morgan fingerprint density at radius 2 is 1.85 bits per heavy atom. The van der Waals surface area contributed by atoms with Crippen LogP contribution in [-0.4, -0.2) is 19.4 Å². The molecule has 70 valence electrons. The van der Waals surface area contributed by atoms with Gasteiger partial charge in [-0.2, -0.15) is 0 Å². The zero-order valence-electron chi connectivity index (χ0n) is 8.00. The highest BCUT2D eigenvalue weighted by atomic mass is 79.9. The molecule has 0 atom stereocenters. The van der Waals surface area contributed by atoms with E-state index in [0.29, 0.717) is 0 Å². The molecule has 1 aromatic carbocycles. The average Bonchev–Trinajstić information content (AvgIpc) is 2.15. The number of allylic oxidation sites excluding steroid dienone is 1. The molecule has 0 amide bonds. The molecule has 0 saturated heterocycles. The van der Waals surface area contributed by atoms with Crippen LogP contribution in [0.25, 0.3) is 6.08 Å². The molecule has 0 radical (unpaired) electrons. The number of rotatable bonds is 3. The number of benzene rings is 1. The van der Waals surface area contributed by atoms with Crippen LogP contribution < -0.4 is 4.90 Å². The fraction of sp³-hybridized carbons (Fsp3) is 0.273. The summed E-state index contributed by atoms with van der Waals surface area (Å²) in [5, 5.41) is 0.905. The number of nitrogens with zero attached hydrogens (tertiary/aromatic N) is 1. The van der Waals surface area contributed by atoms with Gasteiger partial charge in [0.25, 0.3) is 0 Å². The van der Waals surface area contributed by atoms with Gasteiger partial charge >= 0.3 is 0 Å². The lowest BCUT2D eigenvalue weighted by atomic mass is 10.2. The highest BCUT2D eigenvalue weighted by Crippen LogP contribution is 2.13. The predicted molar refractivity (Wildman–Crippen MR) is 63.6 cm³/mol. The van der Waals surface area contributed by atoms with Gasteiger partial charge in [0.15, 0.2) is 0 Å². The molecule has 0 aromatic heterocycles. The van der Waals surface area contributed by atoms with E-state index < -0.39 is 0 Å². The molecule has 0 fully saturated rings. The quantitative estimate of drug-likeness (QED) is 0.733. The summed E-state index contributed by atoms with van der Waals surface area (Å²) in [6.07, 6.45) is 4.19. The van der Waals surface area contributed by atoms with Crippen LogP contribution >= 0.6 is 15.9 Å². The second kappa shape index (κ2) is 5.07. The minimum Gasteiger partial charge on any atom is -0.378 e. The molecule has 0 aliphatic carbocycles. The molecule has 1 rings (SSSR count). The molecule has 0 bridgehead atoms. The second-order valence-electron chi connectivity index (χ2n) is 3.04. The van der Waals surface area contributed by atoms with Gasteiger partial charge in [-0.15, -0.1) is 0 Å². The van der Waals surface area contributed by atoms with E-state index in [1.54, 1.807) is 0 Å². The lowest BCUT2D eigenvalue weighted by Crippen LogP contribution is -2.07. The Kier molecular flexibility index (Phi) is 4.03. The molecule has 0 heterocycles. The number of hydrogen-bond acceptors (Lipinski definition) is 1. The van der Waals surface area contributed by atoms with E-state index in [9.17, 15) is 0 Å². The average molecular weight is 240 g/mol. The third-order valence-corrected chi connectivity index (χ3v) is 2.18. The maximum absolute atomic E-state index is 3.35. The van der Waals surface area contributed by atoms with E-state index in [-0.39, 0.29) is 0 Å². The minimum absolute atomic E-state index is 0.905. The van der Waals surface area contributed by atoms with Gasteiger partial charge in [-0.3, -0.25) is 0 Å². The largest absolute Gasteiger partial charge is 0.378 e. The fourth-order valence-corrected chi connectivity index (χ4v) is 1.25. The first-order chi connectivity index (χ1) is 6.24. The molecule has 1 aromatic rings. The Morgan fingerprint density at radius 3 is 2.31 bits per heavy atom. The van der Waals surface area contributed by atoms with Crippen molar-refractivity contribution in [2.45, 2.75) is 0 Å². The highest BCUT2D eigenvalue weighted by molar-refractivity contribution is 9.09. The summed E-state index contributed by atoms with van der Waals surface area (Å²) >= 11 is 3.35. The number of alkyl halides is 1. The monoisotopic (exact) mass is 239 g/mol. The van der Waals surface area contributed by atoms with Gasteiger partial charge < -0.3 is 4.90 Å². The Labute approximate surface area is 88.2 Å². The maximum Gasteiger partial charge on any atom is 0.0361 e. The normalized spacial score (nSPS) is 10.7. The molecule has 0 aliphatic heterocycles. The summed E-state index contributed by atoms with van der Waals surface area (Å²) in [6.45, 7) is 0. The Hall–Kier alpha value is -0.760. The zero-order valence-corrected chi connectivity index (χ0v) is 9.58. The summed E-state index contributed by atoms with van der Waals surface area (Å²) < 4.78 is 0. The molecule has 13 heavy (non-hydrogen) atoms. The van der Waals surface area contributed by atoms with Crippen molar-refractivity contribution in [3.8, 4) is 0 Å². The summed E-state index contributed by atoms with van der Waals surface area (Å²) in [4.78, 5) is 2.10. The van der Waals surface area contributed by atoms with Gasteiger partial charge in [0.2, 0.25) is 0 Å². The van der Waals surface area contributed by atoms with E-state index in [1.807, 2.05) is 14.1 Å². The molecule has 2 heteroatoms. The van der Waals surface area contributed by atoms with E-state index in [1.165, 1.54) is 11.3 Å². The van der Waals surface area contributed by atoms with Crippen molar-refractivity contribution in [3.05, 3.63) is 35.9 Å².